The number of ether oxygens (including phenoxy) is 4. The first kappa shape index (κ1) is 30.3. The molecule has 2 rings (SSSR count). The maximum Gasteiger partial charge on any atom is 0.511 e. The first-order valence-electron chi connectivity index (χ1n) is 12.3. The Morgan fingerprint density at radius 1 is 0.649 bits per heavy atom. The number of nitrogens with two attached hydrogens (primary N) is 1. The van der Waals surface area contributed by atoms with E-state index in [0.29, 0.717) is 12.8 Å². The minimum absolute atomic E-state index is 0.108. The van der Waals surface area contributed by atoms with Crippen LogP contribution in [-0.4, -0.2) is 24.9 Å². The molecular formula is C26H36NO9P. The molecule has 0 saturated carbocycles. The summed E-state index contributed by atoms with van der Waals surface area (Å²) in [5.41, 5.74) is 7.31. The summed E-state index contributed by atoms with van der Waals surface area (Å²) in [5.74, 6) is 0. The highest BCUT2D eigenvalue weighted by Crippen LogP contribution is 2.43. The molecule has 0 aliphatic rings. The van der Waals surface area contributed by atoms with Gasteiger partial charge in [0.05, 0.1) is 0 Å². The lowest BCUT2D eigenvalue weighted by molar-refractivity contribution is -0.106. The third kappa shape index (κ3) is 10.5. The van der Waals surface area contributed by atoms with E-state index in [1.165, 1.54) is 0 Å². The van der Waals surface area contributed by atoms with Gasteiger partial charge in [0, 0.05) is 12.8 Å². The van der Waals surface area contributed by atoms with Crippen LogP contribution < -0.4 is 5.50 Å². The van der Waals surface area contributed by atoms with Crippen LogP contribution in [0.3, 0.4) is 0 Å². The number of rotatable bonds is 14. The van der Waals surface area contributed by atoms with E-state index in [1.54, 1.807) is 13.8 Å². The van der Waals surface area contributed by atoms with Gasteiger partial charge in [0.25, 0.3) is 0 Å². The molecule has 0 bridgehead atoms. The lowest BCUT2D eigenvalue weighted by Crippen LogP contribution is -2.27. The third-order valence-corrected chi connectivity index (χ3v) is 6.27. The minimum atomic E-state index is -4.31. The average Bonchev–Trinajstić information content (AvgIpc) is 2.90. The number of hydrogen-bond donors (Lipinski definition) is 1. The molecule has 0 spiro atoms. The molecule has 0 heterocycles. The van der Waals surface area contributed by atoms with Crippen molar-refractivity contribution >= 4 is 20.1 Å². The summed E-state index contributed by atoms with van der Waals surface area (Å²) in [6.45, 7) is 6.98. The molecule has 0 aliphatic heterocycles. The molecule has 0 saturated heterocycles. The van der Waals surface area contributed by atoms with Crippen molar-refractivity contribution in [1.82, 2.24) is 0 Å². The number of carbonyl (C=O) groups is 2. The first-order chi connectivity index (χ1) is 17.7. The van der Waals surface area contributed by atoms with Gasteiger partial charge in [0.1, 0.15) is 12.2 Å². The summed E-state index contributed by atoms with van der Waals surface area (Å²) >= 11 is 0. The van der Waals surface area contributed by atoms with Gasteiger partial charge in [-0.3, -0.25) is 9.05 Å². The Balaban J connectivity index is 1.91. The molecule has 2 aromatic carbocycles. The van der Waals surface area contributed by atoms with Crippen molar-refractivity contribution in [1.29, 1.82) is 0 Å². The lowest BCUT2D eigenvalue weighted by Gasteiger charge is -2.25. The highest BCUT2D eigenvalue weighted by Gasteiger charge is 2.32. The van der Waals surface area contributed by atoms with Crippen molar-refractivity contribution in [3.05, 3.63) is 71.8 Å². The first-order valence-corrected chi connectivity index (χ1v) is 13.9. The van der Waals surface area contributed by atoms with Crippen LogP contribution in [0.4, 0.5) is 9.59 Å². The number of hydrogen-bond acceptors (Lipinski definition) is 9. The average molecular weight is 538 g/mol. The standard InChI is InChI=1S/C26H36NO9P/c1-5-21(19-15-11-9-12-16-19)31-25(28)33-23(7-3)35-37(27,30)36-24(8-4)34-26(29)32-22(6-2)20-17-13-10-14-18-20/h9-18,21-24H,5-8H2,1-4H3,(H2,27,30). The normalized spacial score (nSPS) is 15.9. The fraction of sp³-hybridized carbons (Fsp3) is 0.462. The molecular weight excluding hydrogens is 501 g/mol. The Labute approximate surface area is 217 Å². The summed E-state index contributed by atoms with van der Waals surface area (Å²) < 4.78 is 44.3. The van der Waals surface area contributed by atoms with Crippen molar-refractivity contribution in [2.45, 2.75) is 78.2 Å². The van der Waals surface area contributed by atoms with Crippen molar-refractivity contribution in [2.75, 3.05) is 0 Å². The van der Waals surface area contributed by atoms with Crippen molar-refractivity contribution in [3.8, 4) is 0 Å². The van der Waals surface area contributed by atoms with E-state index in [1.807, 2.05) is 74.5 Å². The number of benzene rings is 2. The quantitative estimate of drug-likeness (QED) is 0.150. The van der Waals surface area contributed by atoms with Crippen molar-refractivity contribution in [3.63, 3.8) is 0 Å². The van der Waals surface area contributed by atoms with Crippen molar-refractivity contribution < 1.29 is 42.1 Å². The summed E-state index contributed by atoms with van der Waals surface area (Å²) in [6, 6.07) is 18.4. The zero-order valence-electron chi connectivity index (χ0n) is 21.6. The van der Waals surface area contributed by atoms with Crippen LogP contribution in [0.1, 0.15) is 76.7 Å². The highest BCUT2D eigenvalue weighted by molar-refractivity contribution is 7.51. The van der Waals surface area contributed by atoms with Gasteiger partial charge in [-0.25, -0.2) is 19.7 Å². The molecule has 204 valence electrons. The summed E-state index contributed by atoms with van der Waals surface area (Å²) in [7, 11) is -4.31. The maximum atomic E-state index is 12.8. The molecule has 4 unspecified atom stereocenters. The molecule has 2 aromatic rings. The molecule has 4 atom stereocenters. The van der Waals surface area contributed by atoms with Crippen LogP contribution in [0.15, 0.2) is 60.7 Å². The van der Waals surface area contributed by atoms with Gasteiger partial charge in [-0.1, -0.05) is 88.4 Å². The van der Waals surface area contributed by atoms with Crippen LogP contribution in [0, 0.1) is 0 Å². The zero-order valence-corrected chi connectivity index (χ0v) is 22.5. The van der Waals surface area contributed by atoms with Gasteiger partial charge in [0.2, 0.25) is 12.6 Å². The Hall–Kier alpha value is -2.91. The topological polar surface area (TPSA) is 133 Å². The van der Waals surface area contributed by atoms with Gasteiger partial charge in [-0.2, -0.15) is 0 Å². The largest absolute Gasteiger partial charge is 0.511 e. The van der Waals surface area contributed by atoms with Gasteiger partial charge in [-0.15, -0.1) is 0 Å². The summed E-state index contributed by atoms with van der Waals surface area (Å²) in [4.78, 5) is 24.7. The van der Waals surface area contributed by atoms with Crippen LogP contribution in [-0.2, 0) is 32.6 Å². The fourth-order valence-electron chi connectivity index (χ4n) is 3.32. The van der Waals surface area contributed by atoms with Crippen LogP contribution in [0.2, 0.25) is 0 Å². The predicted octanol–water partition coefficient (Wildman–Crippen LogP) is 7.17. The lowest BCUT2D eigenvalue weighted by atomic mass is 10.1. The predicted molar refractivity (Wildman–Crippen MR) is 136 cm³/mol. The van der Waals surface area contributed by atoms with E-state index in [2.05, 4.69) is 0 Å². The van der Waals surface area contributed by atoms with Gasteiger partial charge >= 0.3 is 20.1 Å². The van der Waals surface area contributed by atoms with E-state index in [-0.39, 0.29) is 12.8 Å². The molecule has 0 amide bonds. The summed E-state index contributed by atoms with van der Waals surface area (Å²) in [6.07, 6.45) is -4.46. The second kappa shape index (κ2) is 15.4. The molecule has 10 nitrogen and oxygen atoms in total. The van der Waals surface area contributed by atoms with E-state index >= 15 is 0 Å². The van der Waals surface area contributed by atoms with Crippen molar-refractivity contribution in [2.24, 2.45) is 5.50 Å². The van der Waals surface area contributed by atoms with Gasteiger partial charge in [-0.05, 0) is 24.0 Å². The van der Waals surface area contributed by atoms with E-state index in [9.17, 15) is 14.2 Å². The molecule has 0 fully saturated rings. The zero-order chi connectivity index (χ0) is 27.3. The monoisotopic (exact) mass is 537 g/mol. The second-order valence-corrected chi connectivity index (χ2v) is 9.51. The Morgan fingerprint density at radius 3 is 1.30 bits per heavy atom. The third-order valence-electron chi connectivity index (χ3n) is 5.21. The minimum Gasteiger partial charge on any atom is -0.426 e. The maximum absolute atomic E-state index is 12.8. The smallest absolute Gasteiger partial charge is 0.426 e. The van der Waals surface area contributed by atoms with E-state index in [0.717, 1.165) is 11.1 Å². The summed E-state index contributed by atoms with van der Waals surface area (Å²) in [5, 5.41) is 0. The van der Waals surface area contributed by atoms with Gasteiger partial charge in [0.15, 0.2) is 0 Å². The Morgan fingerprint density at radius 2 is 1.00 bits per heavy atom. The molecule has 2 N–H and O–H groups in total. The Bertz CT molecular complexity index is 928. The number of carbonyl (C=O) groups excluding carboxylic acids is 2. The highest BCUT2D eigenvalue weighted by atomic mass is 31.2. The van der Waals surface area contributed by atoms with Crippen LogP contribution >= 0.6 is 7.75 Å². The van der Waals surface area contributed by atoms with Crippen LogP contribution in [0.25, 0.3) is 0 Å². The molecule has 0 aromatic heterocycles. The molecule has 37 heavy (non-hydrogen) atoms. The van der Waals surface area contributed by atoms with Crippen LogP contribution in [0.5, 0.6) is 0 Å². The van der Waals surface area contributed by atoms with Gasteiger partial charge < -0.3 is 18.9 Å². The SMILES string of the molecule is CCC(OC(=O)OC(CC)c1ccccc1)OP(N)(=O)OC(CC)OC(=O)OC(CC)c1ccccc1. The van der Waals surface area contributed by atoms with E-state index < -0.39 is 44.8 Å². The Kier molecular flexibility index (Phi) is 12.6. The van der Waals surface area contributed by atoms with E-state index in [4.69, 9.17) is 33.5 Å². The second-order valence-electron chi connectivity index (χ2n) is 8.01. The molecule has 0 aliphatic carbocycles. The fourth-order valence-corrected chi connectivity index (χ4v) is 4.41. The molecule has 11 heteroatoms. The molecule has 0 radical (unpaired) electrons.